The Morgan fingerprint density at radius 1 is 0.848 bits per heavy atom. The van der Waals surface area contributed by atoms with E-state index in [1.165, 1.54) is 33.7 Å². The van der Waals surface area contributed by atoms with E-state index in [0.717, 1.165) is 49.6 Å². The molecule has 0 bridgehead atoms. The van der Waals surface area contributed by atoms with Crippen LogP contribution in [0.2, 0.25) is 0 Å². The number of nitrogens with zero attached hydrogens (tertiary/aromatic N) is 2. The zero-order valence-corrected chi connectivity index (χ0v) is 20.0. The van der Waals surface area contributed by atoms with Crippen molar-refractivity contribution < 1.29 is 8.78 Å². The van der Waals surface area contributed by atoms with Gasteiger partial charge in [-0.05, 0) is 64.9 Å². The third-order valence-corrected chi connectivity index (χ3v) is 8.08. The molecule has 2 aliphatic rings. The molecule has 2 aliphatic heterocycles. The number of hydrogen-bond acceptors (Lipinski definition) is 3. The van der Waals surface area contributed by atoms with Crippen LogP contribution in [0.1, 0.15) is 48.1 Å². The molecule has 0 saturated carbocycles. The van der Waals surface area contributed by atoms with Crippen molar-refractivity contribution in [3.8, 4) is 0 Å². The minimum Gasteiger partial charge on any atom is -0.297 e. The van der Waals surface area contributed by atoms with Gasteiger partial charge >= 0.3 is 0 Å². The summed E-state index contributed by atoms with van der Waals surface area (Å²) in [5.41, 5.74) is 5.10. The number of rotatable bonds is 4. The van der Waals surface area contributed by atoms with E-state index in [1.807, 2.05) is 18.2 Å². The summed E-state index contributed by atoms with van der Waals surface area (Å²) in [4.78, 5) is 7.32. The summed E-state index contributed by atoms with van der Waals surface area (Å²) in [6.07, 6.45) is 0.898. The second kappa shape index (κ2) is 9.57. The molecule has 0 aromatic heterocycles. The lowest BCUT2D eigenvalue weighted by Crippen LogP contribution is -2.47. The highest BCUT2D eigenvalue weighted by molar-refractivity contribution is 7.99. The highest BCUT2D eigenvalue weighted by Gasteiger charge is 2.30. The molecule has 1 saturated heterocycles. The number of piperazine rings is 1. The average Bonchev–Trinajstić information content (AvgIpc) is 2.97. The van der Waals surface area contributed by atoms with Gasteiger partial charge < -0.3 is 0 Å². The van der Waals surface area contributed by atoms with Gasteiger partial charge in [-0.2, -0.15) is 0 Å². The van der Waals surface area contributed by atoms with Gasteiger partial charge in [0.15, 0.2) is 0 Å². The number of halogens is 2. The summed E-state index contributed by atoms with van der Waals surface area (Å²) in [5.74, 6) is 0.112. The summed E-state index contributed by atoms with van der Waals surface area (Å²) in [5, 5.41) is 0. The fourth-order valence-corrected chi connectivity index (χ4v) is 6.05. The van der Waals surface area contributed by atoms with Gasteiger partial charge in [0.05, 0.1) is 0 Å². The molecule has 0 unspecified atom stereocenters. The van der Waals surface area contributed by atoms with Gasteiger partial charge in [0.25, 0.3) is 0 Å². The standard InChI is InChI=1S/C28H30F2N2S/c1-19(2)21-6-10-27-25(15-21)26(16-22-5-9-24(30)17-28(22)33-27)32-13-11-31(12-14-32)18-20-3-7-23(29)8-4-20/h3-10,15,17,19,26H,11-14,16,18H2,1-2H3/t26-/m0/s1. The van der Waals surface area contributed by atoms with Gasteiger partial charge in [0.1, 0.15) is 11.6 Å². The van der Waals surface area contributed by atoms with Gasteiger partial charge in [-0.3, -0.25) is 9.80 Å². The smallest absolute Gasteiger partial charge is 0.124 e. The molecule has 0 radical (unpaired) electrons. The second-order valence-corrected chi connectivity index (χ2v) is 10.5. The summed E-state index contributed by atoms with van der Waals surface area (Å²) >= 11 is 1.70. The maximum Gasteiger partial charge on any atom is 0.124 e. The van der Waals surface area contributed by atoms with Crippen LogP contribution < -0.4 is 0 Å². The Morgan fingerprint density at radius 2 is 1.58 bits per heavy atom. The zero-order valence-electron chi connectivity index (χ0n) is 19.2. The predicted octanol–water partition coefficient (Wildman–Crippen LogP) is 6.65. The lowest BCUT2D eigenvalue weighted by molar-refractivity contribution is 0.0902. The van der Waals surface area contributed by atoms with Crippen LogP contribution in [0.15, 0.2) is 70.5 Å². The minimum absolute atomic E-state index is 0.172. The van der Waals surface area contributed by atoms with E-state index in [2.05, 4.69) is 41.8 Å². The molecule has 3 aromatic carbocycles. The molecule has 1 atom stereocenters. The van der Waals surface area contributed by atoms with E-state index in [9.17, 15) is 8.78 Å². The molecule has 2 heterocycles. The predicted molar refractivity (Wildman–Crippen MR) is 131 cm³/mol. The van der Waals surface area contributed by atoms with E-state index in [4.69, 9.17) is 0 Å². The molecule has 0 amide bonds. The van der Waals surface area contributed by atoms with E-state index in [-0.39, 0.29) is 17.7 Å². The average molecular weight is 465 g/mol. The Labute approximate surface area is 199 Å². The minimum atomic E-state index is -0.186. The molecule has 33 heavy (non-hydrogen) atoms. The first-order chi connectivity index (χ1) is 16.0. The molecule has 1 fully saturated rings. The molecule has 3 aromatic rings. The molecule has 0 N–H and O–H groups in total. The molecular weight excluding hydrogens is 434 g/mol. The van der Waals surface area contributed by atoms with Crippen LogP contribution in [0.25, 0.3) is 0 Å². The molecule has 0 aliphatic carbocycles. The van der Waals surface area contributed by atoms with Gasteiger partial charge in [0, 0.05) is 48.6 Å². The summed E-state index contributed by atoms with van der Waals surface area (Å²) in [6.45, 7) is 9.26. The Hall–Kier alpha value is -2.21. The third-order valence-electron chi connectivity index (χ3n) is 6.89. The van der Waals surface area contributed by atoms with E-state index < -0.39 is 0 Å². The van der Waals surface area contributed by atoms with Crippen LogP contribution in [0.4, 0.5) is 8.78 Å². The molecular formula is C28H30F2N2S. The Bertz CT molecular complexity index is 1120. The van der Waals surface area contributed by atoms with Crippen molar-refractivity contribution >= 4 is 11.8 Å². The quantitative estimate of drug-likeness (QED) is 0.427. The topological polar surface area (TPSA) is 6.48 Å². The van der Waals surface area contributed by atoms with Crippen LogP contribution >= 0.6 is 11.8 Å². The Morgan fingerprint density at radius 3 is 2.30 bits per heavy atom. The van der Waals surface area contributed by atoms with E-state index in [1.54, 1.807) is 23.9 Å². The van der Waals surface area contributed by atoms with Crippen molar-refractivity contribution in [1.29, 1.82) is 0 Å². The Kier molecular flexibility index (Phi) is 6.55. The SMILES string of the molecule is CC(C)c1ccc2c(c1)[C@@H](N1CCN(Cc3ccc(F)cc3)CC1)Cc1ccc(F)cc1S2. The lowest BCUT2D eigenvalue weighted by atomic mass is 9.93. The molecule has 0 spiro atoms. The summed E-state index contributed by atoms with van der Waals surface area (Å²) in [7, 11) is 0. The fraction of sp³-hybridized carbons (Fsp3) is 0.357. The van der Waals surface area contributed by atoms with Gasteiger partial charge in [-0.15, -0.1) is 0 Å². The van der Waals surface area contributed by atoms with Crippen molar-refractivity contribution in [2.45, 2.75) is 48.6 Å². The van der Waals surface area contributed by atoms with Crippen molar-refractivity contribution in [3.05, 3.63) is 94.6 Å². The van der Waals surface area contributed by atoms with E-state index >= 15 is 0 Å². The normalized spacial score (nSPS) is 19.2. The first kappa shape index (κ1) is 22.6. The summed E-state index contributed by atoms with van der Waals surface area (Å²) < 4.78 is 27.3. The number of hydrogen-bond donors (Lipinski definition) is 0. The third kappa shape index (κ3) is 5.01. The van der Waals surface area contributed by atoms with Crippen LogP contribution in [-0.4, -0.2) is 36.0 Å². The van der Waals surface area contributed by atoms with Crippen LogP contribution in [0.5, 0.6) is 0 Å². The van der Waals surface area contributed by atoms with Crippen molar-refractivity contribution in [3.63, 3.8) is 0 Å². The molecule has 2 nitrogen and oxygen atoms in total. The van der Waals surface area contributed by atoms with Gasteiger partial charge in [0.2, 0.25) is 0 Å². The molecule has 5 heteroatoms. The number of benzene rings is 3. The van der Waals surface area contributed by atoms with Gasteiger partial charge in [-0.25, -0.2) is 8.78 Å². The highest BCUT2D eigenvalue weighted by Crippen LogP contribution is 2.44. The van der Waals surface area contributed by atoms with Crippen molar-refractivity contribution in [2.75, 3.05) is 26.2 Å². The van der Waals surface area contributed by atoms with Crippen molar-refractivity contribution in [2.24, 2.45) is 0 Å². The highest BCUT2D eigenvalue weighted by atomic mass is 32.2. The maximum absolute atomic E-state index is 14.0. The second-order valence-electron chi connectivity index (χ2n) is 9.46. The van der Waals surface area contributed by atoms with E-state index in [0.29, 0.717) is 5.92 Å². The molecule has 172 valence electrons. The Balaban J connectivity index is 1.39. The van der Waals surface area contributed by atoms with Crippen LogP contribution in [0, 0.1) is 11.6 Å². The first-order valence-corrected chi connectivity index (χ1v) is 12.6. The first-order valence-electron chi connectivity index (χ1n) is 11.8. The lowest BCUT2D eigenvalue weighted by Gasteiger charge is -2.40. The van der Waals surface area contributed by atoms with Crippen LogP contribution in [-0.2, 0) is 13.0 Å². The number of fused-ring (bicyclic) bond motifs is 2. The molecule has 5 rings (SSSR count). The summed E-state index contributed by atoms with van der Waals surface area (Å²) in [6, 6.07) is 19.2. The monoisotopic (exact) mass is 464 g/mol. The van der Waals surface area contributed by atoms with Crippen LogP contribution in [0.3, 0.4) is 0 Å². The largest absolute Gasteiger partial charge is 0.297 e. The zero-order chi connectivity index (χ0) is 22.9. The fourth-order valence-electron chi connectivity index (χ4n) is 4.92. The van der Waals surface area contributed by atoms with Gasteiger partial charge in [-0.1, -0.05) is 55.9 Å². The maximum atomic E-state index is 14.0. The van der Waals surface area contributed by atoms with Crippen molar-refractivity contribution in [1.82, 2.24) is 9.80 Å².